The monoisotopic (exact) mass is 1850 g/mol. The Morgan fingerprint density at radius 3 is 1.89 bits per heavy atom. The van der Waals surface area contributed by atoms with E-state index < -0.39 is 204 Å². The molecule has 4 aliphatic carbocycles. The van der Waals surface area contributed by atoms with E-state index in [0.717, 1.165) is 66.0 Å². The molecule has 2 heterocycles. The molecule has 23 N–H and O–H groups in total. The summed E-state index contributed by atoms with van der Waals surface area (Å²) >= 11 is 2.42. The summed E-state index contributed by atoms with van der Waals surface area (Å²) in [6.45, 7) is 14.8. The summed E-state index contributed by atoms with van der Waals surface area (Å²) in [4.78, 5) is 222. The van der Waals surface area contributed by atoms with E-state index in [-0.39, 0.29) is 110 Å². The summed E-state index contributed by atoms with van der Waals surface area (Å²) in [7, 11) is -3.56. The summed E-state index contributed by atoms with van der Waals surface area (Å²) in [5.41, 5.74) is 31.2. The number of Topliss-reactive ketones (excluding diaryl/α,β-unsaturated/α-hetero) is 1. The van der Waals surface area contributed by atoms with Gasteiger partial charge in [0.05, 0.1) is 43.0 Å². The van der Waals surface area contributed by atoms with Gasteiger partial charge in [0.15, 0.2) is 15.8 Å². The first-order valence-electron chi connectivity index (χ1n) is 44.2. The van der Waals surface area contributed by atoms with E-state index in [4.69, 9.17) is 33.4 Å². The van der Waals surface area contributed by atoms with Crippen molar-refractivity contribution in [3.8, 4) is 0 Å². The highest BCUT2D eigenvalue weighted by molar-refractivity contribution is 8.02. The van der Waals surface area contributed by atoms with Crippen LogP contribution in [0.3, 0.4) is 0 Å². The van der Waals surface area contributed by atoms with Crippen LogP contribution in [-0.2, 0) is 92.9 Å². The van der Waals surface area contributed by atoms with Crippen LogP contribution in [0.5, 0.6) is 0 Å². The number of aromatic nitrogens is 1. The number of aliphatic imine (C=N–C) groups is 1. The molecule has 42 heteroatoms. The molecule has 128 heavy (non-hydrogen) atoms. The van der Waals surface area contributed by atoms with Gasteiger partial charge >= 0.3 is 24.0 Å². The predicted molar refractivity (Wildman–Crippen MR) is 479 cm³/mol. The lowest BCUT2D eigenvalue weighted by Crippen LogP contribution is -2.60. The Hall–Kier alpha value is -10.1. The highest BCUT2D eigenvalue weighted by Crippen LogP contribution is 2.67. The van der Waals surface area contributed by atoms with Gasteiger partial charge in [0.25, 0.3) is 5.78 Å². The molecule has 17 atom stereocenters. The fraction of sp³-hybridized carbons (Fsp3) is 0.686. The zero-order chi connectivity index (χ0) is 94.5. The van der Waals surface area contributed by atoms with Crippen LogP contribution in [0.2, 0.25) is 0 Å². The number of sulfone groups is 1. The number of benzene rings is 1. The van der Waals surface area contributed by atoms with Crippen LogP contribution in [0.1, 0.15) is 195 Å². The molecule has 39 nitrogen and oxygen atoms in total. The number of carbonyl (C=O) groups excluding carboxylic acids is 13. The van der Waals surface area contributed by atoms with Gasteiger partial charge in [0, 0.05) is 85.4 Å². The SMILES string of the molecule is CC(C)CCC[C@@H](C)[C@H]1CC[C@H]2[C@@H]3CC=C4C[C@@H](OC(=O)NCCSCCS(=O)(=O)CCSC[C@H](N)C(=O)N[C@@H](CCC(=O)O)C(=O)NCC(=O)N5CCC[C@H]5C(=O)N[C@@H](CCCN=C(N)N)C(=O)N[C@@H](CC(N)=O)C(=O)N[C@@H](CCC(N)=O)C(=O)N[C@@H](CC(=O)O)C(=O)N[C@@H](Cc5c[nH]c6ccccc56)C(=O)N[C@@H](CC(C)C)C(=O)C(=O)O)CC[C@]4(C)[C@H]3CC[C@]12C. The molecule has 2 aromatic rings. The van der Waals surface area contributed by atoms with Gasteiger partial charge in [-0.1, -0.05) is 97.6 Å². The molecule has 0 unspecified atom stereocenters. The summed E-state index contributed by atoms with van der Waals surface area (Å²) < 4.78 is 32.1. The number of H-pyrrole nitrogens is 1. The molecule has 1 aliphatic heterocycles. The van der Waals surface area contributed by atoms with E-state index in [1.54, 1.807) is 38.1 Å². The predicted octanol–water partition coefficient (Wildman–Crippen LogP) is 1.79. The molecular formula is C86H133N17O22S3. The lowest BCUT2D eigenvalue weighted by Gasteiger charge is -2.58. The maximum Gasteiger partial charge on any atom is 0.407 e. The van der Waals surface area contributed by atoms with Crippen molar-refractivity contribution in [2.75, 3.05) is 60.7 Å². The molecule has 0 radical (unpaired) electrons. The molecule has 0 spiro atoms. The van der Waals surface area contributed by atoms with E-state index in [1.807, 2.05) is 0 Å². The van der Waals surface area contributed by atoms with Gasteiger partial charge in [0.1, 0.15) is 48.4 Å². The van der Waals surface area contributed by atoms with Crippen LogP contribution in [0.4, 0.5) is 4.79 Å². The molecule has 4 fully saturated rings. The molecule has 7 rings (SSSR count). The third-order valence-corrected chi connectivity index (χ3v) is 29.8. The molecule has 1 saturated heterocycles. The number of para-hydroxylation sites is 1. The van der Waals surface area contributed by atoms with E-state index >= 15 is 0 Å². The minimum Gasteiger partial charge on any atom is -0.481 e. The zero-order valence-corrected chi connectivity index (χ0v) is 76.7. The number of nitrogens with zero attached hydrogens (tertiary/aromatic N) is 2. The Morgan fingerprint density at radius 1 is 0.625 bits per heavy atom. The Kier molecular flexibility index (Phi) is 40.7. The van der Waals surface area contributed by atoms with Crippen LogP contribution >= 0.6 is 23.5 Å². The molecule has 0 bridgehead atoms. The Bertz CT molecular complexity index is 4470. The van der Waals surface area contributed by atoms with Crippen molar-refractivity contribution in [1.29, 1.82) is 0 Å². The van der Waals surface area contributed by atoms with Crippen molar-refractivity contribution < 1.29 is 105 Å². The first-order valence-corrected chi connectivity index (χ1v) is 48.4. The van der Waals surface area contributed by atoms with Crippen molar-refractivity contribution in [2.24, 2.45) is 85.9 Å². The van der Waals surface area contributed by atoms with Gasteiger partial charge in [0.2, 0.25) is 65.0 Å². The number of likely N-dealkylation sites (tertiary alicyclic amines) is 1. The number of carboxylic acid groups (broad SMARTS) is 3. The lowest BCUT2D eigenvalue weighted by atomic mass is 9.47. The number of thioether (sulfide) groups is 2. The number of amides is 12. The van der Waals surface area contributed by atoms with Crippen LogP contribution in [0, 0.1) is 52.3 Å². The number of aliphatic carboxylic acids is 3. The van der Waals surface area contributed by atoms with Crippen molar-refractivity contribution in [3.05, 3.63) is 47.7 Å². The molecule has 1 aromatic heterocycles. The second-order valence-corrected chi connectivity index (χ2v) is 40.5. The number of nitrogens with one attached hydrogen (secondary N) is 10. The largest absolute Gasteiger partial charge is 0.481 e. The highest BCUT2D eigenvalue weighted by Gasteiger charge is 2.59. The van der Waals surface area contributed by atoms with E-state index in [0.29, 0.717) is 39.5 Å². The number of rotatable bonds is 54. The van der Waals surface area contributed by atoms with E-state index in [1.165, 1.54) is 68.5 Å². The number of ether oxygens (including phenoxy) is 1. The summed E-state index contributed by atoms with van der Waals surface area (Å²) in [5, 5.41) is 51.4. The van der Waals surface area contributed by atoms with Crippen LogP contribution < -0.4 is 76.5 Å². The molecule has 5 aliphatic rings. The van der Waals surface area contributed by atoms with Crippen molar-refractivity contribution in [1.82, 2.24) is 57.7 Å². The average Bonchev–Trinajstić information content (AvgIpc) is 1.63. The van der Waals surface area contributed by atoms with Gasteiger partial charge in [-0.25, -0.2) is 18.0 Å². The van der Waals surface area contributed by atoms with Gasteiger partial charge in [-0.2, -0.15) is 23.5 Å². The number of hydrogen-bond acceptors (Lipinski definition) is 23. The van der Waals surface area contributed by atoms with Crippen molar-refractivity contribution >= 4 is 145 Å². The second-order valence-electron chi connectivity index (χ2n) is 35.8. The first-order chi connectivity index (χ1) is 60.4. The number of carboxylic acids is 3. The summed E-state index contributed by atoms with van der Waals surface area (Å²) in [5.74, 6) is -14.5. The third-order valence-electron chi connectivity index (χ3n) is 25.6. The number of hydrogen-bond donors (Lipinski definition) is 18. The number of nitrogens with two attached hydrogens (primary N) is 5. The Labute approximate surface area is 754 Å². The fourth-order valence-electron chi connectivity index (χ4n) is 18.9. The number of primary amides is 2. The standard InChI is InChI=1S/C86H133N17O22S3/c1-47(2)13-10-14-49(5)55-21-22-56-54-20-19-51-41-52(27-29-85(51,6)57(54)28-30-86(55,56)7)125-84(122)93-32-34-126-35-37-128(123,124)38-36-127-46-58(87)74(112)96-61(24-26-71(107)108)75(113)95-45-70(106)103-33-12-18-67(103)81(119)98-60(17-11-31-92-83(90)91)76(114)101-65(42-69(89)105)79(117)97-62(23-25-68(88)104)77(115)102-66(43-72(109)110)80(118)100-64(40-50-44-94-59-16-9-8-15-53(50)59)78(116)99-63(39-48(3)4)73(111)82(120)121/h8-9,15-16,19,44,47-49,52,54-58,60-67,94H,10-14,17-18,20-43,45-46,87H2,1-7H3,(H2,88,104)(H2,89,105)(H,93,122)(H,95,113)(H,96,112)(H,97,117)(H,98,119)(H,99,116)(H,100,118)(H,101,114)(H,102,115)(H,107,108)(H,109,110)(H,120,121)(H4,90,91,92)/t49-,52+,54+,55-,56+,57+,58+,60+,61+,62+,63+,64+,65+,66+,67+,85+,86-/m1/s1. The highest BCUT2D eigenvalue weighted by atomic mass is 32.2. The lowest BCUT2D eigenvalue weighted by molar-refractivity contribution is -0.150. The molecule has 712 valence electrons. The maximum atomic E-state index is 14.4. The van der Waals surface area contributed by atoms with Crippen molar-refractivity contribution in [2.45, 2.75) is 257 Å². The van der Waals surface area contributed by atoms with Crippen molar-refractivity contribution in [3.63, 3.8) is 0 Å². The Morgan fingerprint density at radius 2 is 1.24 bits per heavy atom. The molecule has 3 saturated carbocycles. The number of carbonyl (C=O) groups is 16. The third kappa shape index (κ3) is 31.6. The number of alkyl carbamates (subject to hydrolysis) is 1. The normalized spacial score (nSPS) is 22.1. The maximum absolute atomic E-state index is 14.4. The van der Waals surface area contributed by atoms with E-state index in [2.05, 4.69) is 98.5 Å². The smallest absolute Gasteiger partial charge is 0.407 e. The molecule has 12 amide bonds. The number of fused-ring (bicyclic) bond motifs is 6. The summed E-state index contributed by atoms with van der Waals surface area (Å²) in [6.07, 6.45) is 10.8. The zero-order valence-electron chi connectivity index (χ0n) is 74.2. The summed E-state index contributed by atoms with van der Waals surface area (Å²) in [6, 6.07) is -8.42. The molecule has 1 aromatic carbocycles. The number of allylic oxidation sites excluding steroid dienone is 1. The minimum atomic E-state index is -3.56. The fourth-order valence-corrected chi connectivity index (χ4v) is 23.1. The van der Waals surface area contributed by atoms with Crippen LogP contribution in [-0.4, -0.2) is 256 Å². The second kappa shape index (κ2) is 49.6. The number of ketones is 1. The van der Waals surface area contributed by atoms with Gasteiger partial charge in [-0.3, -0.25) is 72.1 Å². The Balaban J connectivity index is 0.876. The van der Waals surface area contributed by atoms with E-state index in [9.17, 15) is 100 Å². The minimum absolute atomic E-state index is 0.00365. The quantitative estimate of drug-likeness (QED) is 0.0148. The number of guanidine groups is 1. The average molecular weight is 1850 g/mol. The number of aromatic amines is 1. The van der Waals surface area contributed by atoms with Gasteiger partial charge in [-0.05, 0) is 154 Å². The topological polar surface area (TPSA) is 647 Å². The van der Waals surface area contributed by atoms with Gasteiger partial charge < -0.3 is 106 Å². The molecular weight excluding hydrogens is 1720 g/mol. The van der Waals surface area contributed by atoms with Crippen LogP contribution in [0.15, 0.2) is 47.1 Å². The van der Waals surface area contributed by atoms with Gasteiger partial charge in [-0.15, -0.1) is 0 Å². The first kappa shape index (κ1) is 105. The van der Waals surface area contributed by atoms with Crippen LogP contribution in [0.25, 0.3) is 10.9 Å².